The average molecular weight is 263 g/mol. The third-order valence-corrected chi connectivity index (χ3v) is 3.56. The van der Waals surface area contributed by atoms with Crippen LogP contribution in [0.2, 0.25) is 0 Å². The van der Waals surface area contributed by atoms with E-state index in [4.69, 9.17) is 0 Å². The predicted molar refractivity (Wildman–Crippen MR) is 72.0 cm³/mol. The molecule has 0 saturated heterocycles. The Morgan fingerprint density at radius 2 is 2.05 bits per heavy atom. The lowest BCUT2D eigenvalue weighted by Crippen LogP contribution is -2.24. The molecular formula is C14H21N3O2. The minimum atomic E-state index is -0.802. The lowest BCUT2D eigenvalue weighted by molar-refractivity contribution is -0.141. The molecule has 0 radical (unpaired) electrons. The van der Waals surface area contributed by atoms with Gasteiger partial charge >= 0.3 is 5.97 Å². The van der Waals surface area contributed by atoms with Crippen LogP contribution in [0.5, 0.6) is 0 Å². The van der Waals surface area contributed by atoms with Crippen molar-refractivity contribution in [2.24, 2.45) is 5.92 Å². The molecule has 2 rings (SSSR count). The number of aliphatic carboxylic acids is 1. The van der Waals surface area contributed by atoms with Crippen LogP contribution in [0.4, 0.5) is 0 Å². The van der Waals surface area contributed by atoms with E-state index in [2.05, 4.69) is 22.3 Å². The molecule has 5 nitrogen and oxygen atoms in total. The molecule has 1 aromatic rings. The zero-order valence-electron chi connectivity index (χ0n) is 11.7. The number of hydrogen-bond acceptors (Lipinski definition) is 3. The van der Waals surface area contributed by atoms with Crippen molar-refractivity contribution >= 4 is 5.97 Å². The van der Waals surface area contributed by atoms with Crippen molar-refractivity contribution < 1.29 is 9.90 Å². The topological polar surface area (TPSA) is 68.0 Å². The maximum absolute atomic E-state index is 11.6. The van der Waals surface area contributed by atoms with Gasteiger partial charge < -0.3 is 9.67 Å². The summed E-state index contributed by atoms with van der Waals surface area (Å²) in [7, 11) is 0. The first-order valence-corrected chi connectivity index (χ1v) is 6.80. The molecule has 0 saturated carbocycles. The quantitative estimate of drug-likeness (QED) is 0.829. The molecule has 1 aliphatic rings. The van der Waals surface area contributed by atoms with Crippen molar-refractivity contribution in [1.82, 2.24) is 14.8 Å². The van der Waals surface area contributed by atoms with Gasteiger partial charge in [0, 0.05) is 5.92 Å². The number of carbonyl (C=O) groups is 1. The van der Waals surface area contributed by atoms with Crippen molar-refractivity contribution in [2.75, 3.05) is 0 Å². The number of aromatic nitrogens is 3. The third-order valence-electron chi connectivity index (χ3n) is 3.56. The molecule has 1 atom stereocenters. The van der Waals surface area contributed by atoms with Gasteiger partial charge in [0.15, 0.2) is 0 Å². The largest absolute Gasteiger partial charge is 0.480 e. The van der Waals surface area contributed by atoms with Crippen molar-refractivity contribution in [3.8, 4) is 0 Å². The summed E-state index contributed by atoms with van der Waals surface area (Å²) in [4.78, 5) is 11.6. The van der Waals surface area contributed by atoms with Crippen molar-refractivity contribution in [3.05, 3.63) is 23.8 Å². The zero-order valence-corrected chi connectivity index (χ0v) is 11.7. The van der Waals surface area contributed by atoms with E-state index in [1.165, 1.54) is 0 Å². The molecule has 0 aliphatic heterocycles. The number of carboxylic acids is 1. The first-order chi connectivity index (χ1) is 9.00. The van der Waals surface area contributed by atoms with Crippen LogP contribution in [0.25, 0.3) is 0 Å². The van der Waals surface area contributed by atoms with Gasteiger partial charge in [0.1, 0.15) is 17.7 Å². The summed E-state index contributed by atoms with van der Waals surface area (Å²) >= 11 is 0. The summed E-state index contributed by atoms with van der Waals surface area (Å²) in [5.41, 5.74) is 0. The van der Waals surface area contributed by atoms with Crippen LogP contribution in [-0.4, -0.2) is 25.8 Å². The maximum atomic E-state index is 11.6. The second-order valence-corrected chi connectivity index (χ2v) is 5.60. The highest BCUT2D eigenvalue weighted by Crippen LogP contribution is 2.31. The Bertz CT molecular complexity index is 483. The van der Waals surface area contributed by atoms with E-state index in [-0.39, 0.29) is 5.92 Å². The molecule has 5 heteroatoms. The van der Waals surface area contributed by atoms with Crippen LogP contribution in [0.3, 0.4) is 0 Å². The summed E-state index contributed by atoms with van der Waals surface area (Å²) < 4.78 is 1.82. The molecule has 1 aliphatic carbocycles. The van der Waals surface area contributed by atoms with Gasteiger partial charge in [-0.15, -0.1) is 10.2 Å². The Morgan fingerprint density at radius 1 is 1.42 bits per heavy atom. The number of hydrogen-bond donors (Lipinski definition) is 1. The van der Waals surface area contributed by atoms with Crippen LogP contribution >= 0.6 is 0 Å². The number of aryl methyl sites for hydroxylation is 1. The molecule has 19 heavy (non-hydrogen) atoms. The highest BCUT2D eigenvalue weighted by atomic mass is 16.4. The molecule has 0 bridgehead atoms. The second-order valence-electron chi connectivity index (χ2n) is 5.60. The second kappa shape index (κ2) is 5.55. The van der Waals surface area contributed by atoms with Gasteiger partial charge in [-0.1, -0.05) is 26.0 Å². The lowest BCUT2D eigenvalue weighted by atomic mass is 10.0. The highest BCUT2D eigenvalue weighted by Gasteiger charge is 2.29. The molecular weight excluding hydrogens is 242 g/mol. The van der Waals surface area contributed by atoms with Gasteiger partial charge in [0.05, 0.1) is 0 Å². The Morgan fingerprint density at radius 3 is 2.58 bits per heavy atom. The van der Waals surface area contributed by atoms with E-state index in [0.717, 1.165) is 18.7 Å². The van der Waals surface area contributed by atoms with E-state index in [1.807, 2.05) is 25.3 Å². The van der Waals surface area contributed by atoms with E-state index in [0.29, 0.717) is 18.2 Å². The Labute approximate surface area is 113 Å². The smallest absolute Gasteiger partial charge is 0.326 e. The summed E-state index contributed by atoms with van der Waals surface area (Å²) in [5.74, 6) is 1.29. The fraction of sp³-hybridized carbons (Fsp3) is 0.643. The van der Waals surface area contributed by atoms with Crippen LogP contribution < -0.4 is 0 Å². The standard InChI is InChI=1S/C14H21N3O2/c1-9(2)8-12(14(18)19)17-10(3)15-16-13(17)11-6-4-5-7-11/h4-5,9,11-12H,6-8H2,1-3H3,(H,18,19). The normalized spacial score (nSPS) is 17.3. The molecule has 1 N–H and O–H groups in total. The monoisotopic (exact) mass is 263 g/mol. The SMILES string of the molecule is Cc1nnc(C2CC=CC2)n1C(CC(C)C)C(=O)O. The summed E-state index contributed by atoms with van der Waals surface area (Å²) in [6.45, 7) is 5.90. The van der Waals surface area contributed by atoms with Crippen LogP contribution in [-0.2, 0) is 4.79 Å². The van der Waals surface area contributed by atoms with E-state index in [1.54, 1.807) is 0 Å². The number of rotatable bonds is 5. The molecule has 0 amide bonds. The first kappa shape index (κ1) is 13.8. The maximum Gasteiger partial charge on any atom is 0.326 e. The molecule has 1 unspecified atom stereocenters. The van der Waals surface area contributed by atoms with E-state index >= 15 is 0 Å². The predicted octanol–water partition coefficient (Wildman–Crippen LogP) is 2.69. The minimum absolute atomic E-state index is 0.273. The van der Waals surface area contributed by atoms with Crippen LogP contribution in [0, 0.1) is 12.8 Å². The summed E-state index contributed by atoms with van der Waals surface area (Å²) in [5, 5.41) is 17.8. The minimum Gasteiger partial charge on any atom is -0.480 e. The van der Waals surface area contributed by atoms with Crippen molar-refractivity contribution in [1.29, 1.82) is 0 Å². The molecule has 0 spiro atoms. The Balaban J connectivity index is 2.35. The first-order valence-electron chi connectivity index (χ1n) is 6.80. The molecule has 0 aromatic carbocycles. The fourth-order valence-electron chi connectivity index (χ4n) is 2.64. The third kappa shape index (κ3) is 2.85. The zero-order chi connectivity index (χ0) is 14.0. The van der Waals surface area contributed by atoms with Crippen molar-refractivity contribution in [2.45, 2.75) is 52.0 Å². The fourth-order valence-corrected chi connectivity index (χ4v) is 2.64. The van der Waals surface area contributed by atoms with Gasteiger partial charge in [0.2, 0.25) is 0 Å². The van der Waals surface area contributed by atoms with Gasteiger partial charge in [-0.3, -0.25) is 0 Å². The van der Waals surface area contributed by atoms with Gasteiger partial charge in [-0.25, -0.2) is 4.79 Å². The van der Waals surface area contributed by atoms with Gasteiger partial charge in [-0.05, 0) is 32.1 Å². The Kier molecular flexibility index (Phi) is 4.02. The number of allylic oxidation sites excluding steroid dienone is 2. The average Bonchev–Trinajstić information content (AvgIpc) is 2.94. The highest BCUT2D eigenvalue weighted by molar-refractivity contribution is 5.72. The Hall–Kier alpha value is -1.65. The molecule has 1 aromatic heterocycles. The molecule has 1 heterocycles. The number of carboxylic acid groups (broad SMARTS) is 1. The van der Waals surface area contributed by atoms with Crippen LogP contribution in [0.1, 0.15) is 56.7 Å². The van der Waals surface area contributed by atoms with Gasteiger partial charge in [-0.2, -0.15) is 0 Å². The van der Waals surface area contributed by atoms with Crippen molar-refractivity contribution in [3.63, 3.8) is 0 Å². The van der Waals surface area contributed by atoms with E-state index < -0.39 is 12.0 Å². The number of nitrogens with zero attached hydrogens (tertiary/aromatic N) is 3. The van der Waals surface area contributed by atoms with E-state index in [9.17, 15) is 9.90 Å². The summed E-state index contributed by atoms with van der Waals surface area (Å²) in [6.07, 6.45) is 6.69. The van der Waals surface area contributed by atoms with Gasteiger partial charge in [0.25, 0.3) is 0 Å². The lowest BCUT2D eigenvalue weighted by Gasteiger charge is -2.21. The molecule has 104 valence electrons. The van der Waals surface area contributed by atoms with Crippen LogP contribution in [0.15, 0.2) is 12.2 Å². The molecule has 0 fully saturated rings. The summed E-state index contributed by atoms with van der Waals surface area (Å²) in [6, 6.07) is -0.564.